The van der Waals surface area contributed by atoms with Gasteiger partial charge in [0.25, 0.3) is 5.91 Å². The summed E-state index contributed by atoms with van der Waals surface area (Å²) < 4.78 is 0. The van der Waals surface area contributed by atoms with Crippen molar-refractivity contribution in [3.63, 3.8) is 0 Å². The molecule has 0 fully saturated rings. The first-order chi connectivity index (χ1) is 7.06. The van der Waals surface area contributed by atoms with E-state index in [-0.39, 0.29) is 46.5 Å². The van der Waals surface area contributed by atoms with Crippen LogP contribution in [-0.2, 0) is 22.2 Å². The number of nitrogens with zero attached hydrogens (tertiary/aromatic N) is 1. The van der Waals surface area contributed by atoms with E-state index >= 15 is 0 Å². The number of aliphatic imine (C=N–C) groups is 1. The number of amides is 2. The maximum atomic E-state index is 11.8. The number of unbranched alkanes of at least 4 members (excludes halogenated alkanes) is 1. The first kappa shape index (κ1) is 16.0. The summed E-state index contributed by atoms with van der Waals surface area (Å²) in [7, 11) is 0. The third-order valence-corrected chi connectivity index (χ3v) is 3.02. The molecule has 4 nitrogen and oxygen atoms in total. The van der Waals surface area contributed by atoms with Gasteiger partial charge in [-0.25, -0.2) is 4.99 Å². The van der Waals surface area contributed by atoms with Gasteiger partial charge in [-0.15, -0.1) is 0 Å². The van der Waals surface area contributed by atoms with Gasteiger partial charge >= 0.3 is 29.6 Å². The summed E-state index contributed by atoms with van der Waals surface area (Å²) in [6.45, 7) is 3.85. The number of amidine groups is 1. The van der Waals surface area contributed by atoms with Crippen molar-refractivity contribution in [3.8, 4) is 0 Å². The molecule has 0 saturated heterocycles. The van der Waals surface area contributed by atoms with E-state index in [0.29, 0.717) is 12.8 Å². The van der Waals surface area contributed by atoms with Gasteiger partial charge in [0.1, 0.15) is 5.41 Å². The fourth-order valence-corrected chi connectivity index (χ4v) is 1.90. The summed E-state index contributed by atoms with van der Waals surface area (Å²) in [5.41, 5.74) is -0.974. The number of nitrogens with one attached hydrogen (secondary N) is 1. The van der Waals surface area contributed by atoms with Crippen LogP contribution < -0.4 is 34.9 Å². The summed E-state index contributed by atoms with van der Waals surface area (Å²) in [5, 5.41) is 2.46. The van der Waals surface area contributed by atoms with Crippen molar-refractivity contribution in [1.29, 1.82) is 0 Å². The van der Waals surface area contributed by atoms with Gasteiger partial charge in [-0.3, -0.25) is 9.59 Å². The van der Waals surface area contributed by atoms with Crippen LogP contribution >= 0.6 is 0 Å². The molecule has 2 amide bonds. The van der Waals surface area contributed by atoms with Crippen LogP contribution in [0.25, 0.3) is 0 Å². The zero-order valence-corrected chi connectivity index (χ0v) is 12.8. The molecule has 1 aliphatic rings. The van der Waals surface area contributed by atoms with Gasteiger partial charge in [0.05, 0.1) is 0 Å². The molecule has 0 radical (unpaired) electrons. The molecule has 1 N–H and O–H groups in total. The molecule has 1 aliphatic heterocycles. The van der Waals surface area contributed by atoms with E-state index in [1.807, 2.05) is 13.8 Å². The molecule has 0 aromatic carbocycles. The van der Waals surface area contributed by atoms with E-state index in [9.17, 15) is 9.59 Å². The standard InChI is InChI=1S/C10H16N2O2S.Na/c1-3-5-6-10(4-2)7(13)11-9(15)12-8(10)14;/h3-6H2,1-2H3,(H2,11,12,13,14,15);/q;+1/p-1. The fourth-order valence-electron chi connectivity index (χ4n) is 1.73. The van der Waals surface area contributed by atoms with Gasteiger partial charge in [0, 0.05) is 0 Å². The maximum Gasteiger partial charge on any atom is 1.00 e. The number of hydrogen-bond acceptors (Lipinski definition) is 3. The van der Waals surface area contributed by atoms with Crippen LogP contribution in [0.2, 0.25) is 0 Å². The van der Waals surface area contributed by atoms with Gasteiger partial charge in [0.2, 0.25) is 5.91 Å². The summed E-state index contributed by atoms with van der Waals surface area (Å²) in [6.07, 6.45) is 2.82. The average molecular weight is 250 g/mol. The maximum absolute atomic E-state index is 11.8. The number of hydrogen-bond donors (Lipinski definition) is 1. The minimum atomic E-state index is -0.974. The zero-order valence-electron chi connectivity index (χ0n) is 10.0. The van der Waals surface area contributed by atoms with E-state index in [2.05, 4.69) is 10.3 Å². The zero-order chi connectivity index (χ0) is 11.5. The summed E-state index contributed by atoms with van der Waals surface area (Å²) in [6, 6.07) is 0. The van der Waals surface area contributed by atoms with Gasteiger partial charge in [-0.05, 0) is 18.0 Å². The summed E-state index contributed by atoms with van der Waals surface area (Å²) in [5.74, 6) is -0.671. The van der Waals surface area contributed by atoms with Crippen LogP contribution in [0.5, 0.6) is 0 Å². The minimum Gasteiger partial charge on any atom is -0.742 e. The first-order valence-corrected chi connectivity index (χ1v) is 5.59. The Morgan fingerprint density at radius 3 is 2.44 bits per heavy atom. The molecular formula is C10H15N2NaO2S. The number of carbonyl (C=O) groups excluding carboxylic acids is 2. The van der Waals surface area contributed by atoms with Gasteiger partial charge < -0.3 is 17.9 Å². The molecule has 1 atom stereocenters. The van der Waals surface area contributed by atoms with Crippen LogP contribution in [0.3, 0.4) is 0 Å². The average Bonchev–Trinajstić information content (AvgIpc) is 2.17. The smallest absolute Gasteiger partial charge is 0.742 e. The molecule has 6 heteroatoms. The van der Waals surface area contributed by atoms with E-state index in [1.54, 1.807) is 0 Å². The van der Waals surface area contributed by atoms with E-state index in [1.165, 1.54) is 0 Å². The van der Waals surface area contributed by atoms with Crippen molar-refractivity contribution >= 4 is 29.6 Å². The minimum absolute atomic E-state index is 0. The Bertz CT molecular complexity index is 320. The molecule has 0 bridgehead atoms. The fraction of sp³-hybridized carbons (Fsp3) is 0.700. The second-order valence-electron chi connectivity index (χ2n) is 3.72. The Balaban J connectivity index is 0.00000225. The van der Waals surface area contributed by atoms with Gasteiger partial charge in [0.15, 0.2) is 0 Å². The number of carbonyl (C=O) groups is 2. The molecule has 1 heterocycles. The molecule has 0 aromatic heterocycles. The molecule has 84 valence electrons. The Labute approximate surface area is 123 Å². The summed E-state index contributed by atoms with van der Waals surface area (Å²) in [4.78, 5) is 27.2. The van der Waals surface area contributed by atoms with Crippen molar-refractivity contribution in [2.45, 2.75) is 39.5 Å². The molecule has 0 aromatic rings. The van der Waals surface area contributed by atoms with Gasteiger partial charge in [-0.1, -0.05) is 26.7 Å². The van der Waals surface area contributed by atoms with Crippen molar-refractivity contribution in [3.05, 3.63) is 0 Å². The van der Waals surface area contributed by atoms with Crippen molar-refractivity contribution in [2.75, 3.05) is 0 Å². The Hall–Kier alpha value is 0.0300. The van der Waals surface area contributed by atoms with Crippen molar-refractivity contribution in [1.82, 2.24) is 5.32 Å². The first-order valence-electron chi connectivity index (χ1n) is 5.18. The van der Waals surface area contributed by atoms with E-state index in [4.69, 9.17) is 12.6 Å². The van der Waals surface area contributed by atoms with Crippen molar-refractivity contribution in [2.24, 2.45) is 10.4 Å². The van der Waals surface area contributed by atoms with Gasteiger partial charge in [-0.2, -0.15) is 0 Å². The molecule has 1 unspecified atom stereocenters. The largest absolute Gasteiger partial charge is 1.00 e. The molecule has 16 heavy (non-hydrogen) atoms. The third-order valence-electron chi connectivity index (χ3n) is 2.83. The third kappa shape index (κ3) is 3.03. The number of rotatable bonds is 4. The van der Waals surface area contributed by atoms with Crippen LogP contribution in [0, 0.1) is 5.41 Å². The Morgan fingerprint density at radius 2 is 2.00 bits per heavy atom. The topological polar surface area (TPSA) is 58.5 Å². The predicted molar refractivity (Wildman–Crippen MR) is 60.2 cm³/mol. The van der Waals surface area contributed by atoms with E-state index < -0.39 is 5.41 Å². The van der Waals surface area contributed by atoms with Crippen LogP contribution in [-0.4, -0.2) is 17.0 Å². The monoisotopic (exact) mass is 250 g/mol. The molecule has 1 rings (SSSR count). The molecule has 0 saturated carbocycles. The van der Waals surface area contributed by atoms with E-state index in [0.717, 1.165) is 12.8 Å². The normalized spacial score (nSPS) is 24.5. The second-order valence-corrected chi connectivity index (χ2v) is 4.10. The Kier molecular flexibility index (Phi) is 6.70. The Morgan fingerprint density at radius 1 is 1.38 bits per heavy atom. The predicted octanol–water partition coefficient (Wildman–Crippen LogP) is -1.86. The SMILES string of the molecule is CCCCC1(CC)C(=O)N=C([S-])NC1=O.[Na+]. The summed E-state index contributed by atoms with van der Waals surface area (Å²) >= 11 is 4.70. The molecule has 0 spiro atoms. The van der Waals surface area contributed by atoms with Crippen LogP contribution in [0.1, 0.15) is 39.5 Å². The molecule has 0 aliphatic carbocycles. The van der Waals surface area contributed by atoms with Crippen LogP contribution in [0.15, 0.2) is 4.99 Å². The molecular weight excluding hydrogens is 235 g/mol. The second kappa shape index (κ2) is 6.69. The van der Waals surface area contributed by atoms with Crippen LogP contribution in [0.4, 0.5) is 0 Å². The quantitative estimate of drug-likeness (QED) is 0.361. The van der Waals surface area contributed by atoms with Crippen molar-refractivity contribution < 1.29 is 39.1 Å².